The van der Waals surface area contributed by atoms with Gasteiger partial charge in [-0.05, 0) is 6.92 Å². The molecule has 0 saturated heterocycles. The third-order valence-corrected chi connectivity index (χ3v) is 3.43. The Morgan fingerprint density at radius 2 is 1.59 bits per heavy atom. The van der Waals surface area contributed by atoms with Crippen LogP contribution in [0.2, 0.25) is 0 Å². The van der Waals surface area contributed by atoms with Crippen molar-refractivity contribution in [2.75, 3.05) is 0 Å². The summed E-state index contributed by atoms with van der Waals surface area (Å²) in [5.41, 5.74) is 0. The zero-order valence-electron chi connectivity index (χ0n) is 9.61. The topological polar surface area (TPSA) is 77.1 Å². The van der Waals surface area contributed by atoms with E-state index < -0.39 is 12.6 Å². The number of nitrogens with zero attached hydrogens (tertiary/aromatic N) is 2. The molecule has 0 aliphatic rings. The second-order valence-electron chi connectivity index (χ2n) is 2.89. The molecule has 0 aliphatic carbocycles. The molecule has 1 heterocycles. The van der Waals surface area contributed by atoms with Crippen LogP contribution in [0.1, 0.15) is 6.92 Å². The number of aromatic nitrogens is 2. The van der Waals surface area contributed by atoms with Gasteiger partial charge in [0.05, 0.1) is 13.6 Å². The molecule has 0 unspecified atom stereocenters. The molecule has 6 nitrogen and oxygen atoms in total. The van der Waals surface area contributed by atoms with E-state index in [1.807, 2.05) is 17.8 Å². The first-order chi connectivity index (χ1) is 8.07. The third-order valence-electron chi connectivity index (χ3n) is 1.73. The van der Waals surface area contributed by atoms with Crippen LogP contribution in [0.5, 0.6) is 0 Å². The molecule has 17 heavy (non-hydrogen) atoms. The summed E-state index contributed by atoms with van der Waals surface area (Å²) in [6.07, 6.45) is 6.14. The Kier molecular flexibility index (Phi) is 6.91. The molecule has 0 fully saturated rings. The Balaban J connectivity index is 0.000000302. The summed E-state index contributed by atoms with van der Waals surface area (Å²) in [7, 11) is 2.02. The van der Waals surface area contributed by atoms with Crippen molar-refractivity contribution >= 4 is 20.9 Å². The van der Waals surface area contributed by atoms with Crippen molar-refractivity contribution in [2.24, 2.45) is 7.05 Å². The van der Waals surface area contributed by atoms with Crippen molar-refractivity contribution in [2.45, 2.75) is 13.5 Å². The molecule has 0 radical (unpaired) electrons. The Labute approximate surface area is 101 Å². The molecule has 0 bridgehead atoms. The molecular formula is C10H15CoN2O4+. The van der Waals surface area contributed by atoms with Crippen molar-refractivity contribution < 1.29 is 36.4 Å². The van der Waals surface area contributed by atoms with Gasteiger partial charge in [0.1, 0.15) is 12.4 Å². The average molecular weight is 286 g/mol. The number of imidazole rings is 1. The van der Waals surface area contributed by atoms with E-state index in [9.17, 15) is 19.2 Å². The molecular weight excluding hydrogens is 271 g/mol. The van der Waals surface area contributed by atoms with E-state index in [0.29, 0.717) is 0 Å². The number of hydrogen-bond donors (Lipinski definition) is 0. The van der Waals surface area contributed by atoms with Crippen LogP contribution in [0.15, 0.2) is 18.7 Å². The maximum absolute atomic E-state index is 9.88. The van der Waals surface area contributed by atoms with Gasteiger partial charge in [-0.2, -0.15) is 0 Å². The first kappa shape index (κ1) is 15.4. The van der Waals surface area contributed by atoms with E-state index in [-0.39, 0.29) is 20.9 Å². The molecule has 0 amide bonds. The summed E-state index contributed by atoms with van der Waals surface area (Å²) in [5, 5.41) is 0.438. The molecule has 0 N–H and O–H groups in total. The standard InChI is InChI=1S/C6H11N2.4CHO.Co/c1-3-8-5-4-7(2)6-8;4*1-2;/h4-6H,3H2,1-2H3;4*1H;/q+1;;;;;. The van der Waals surface area contributed by atoms with Crippen molar-refractivity contribution in [3.8, 4) is 0 Å². The molecule has 1 aromatic rings. The minimum atomic E-state index is -3.12. The van der Waals surface area contributed by atoms with Gasteiger partial charge in [0.15, 0.2) is 0 Å². The summed E-state index contributed by atoms with van der Waals surface area (Å²) in [6, 6.07) is 0. The van der Waals surface area contributed by atoms with Crippen LogP contribution >= 0.6 is 0 Å². The van der Waals surface area contributed by atoms with Crippen LogP contribution in [0.4, 0.5) is 0 Å². The van der Waals surface area contributed by atoms with Crippen LogP contribution in [0.25, 0.3) is 0 Å². The fourth-order valence-electron chi connectivity index (χ4n) is 0.800. The SMILES string of the molecule is CC[n+]1ccn(C)c1.O=[CH][Co]([CH]=O)([CH]=O)[CH]=O. The molecule has 1 rings (SSSR count). The predicted octanol–water partition coefficient (Wildman–Crippen LogP) is -0.766. The Morgan fingerprint density at radius 1 is 1.12 bits per heavy atom. The number of rotatable bonds is 5. The van der Waals surface area contributed by atoms with E-state index in [2.05, 4.69) is 24.0 Å². The molecule has 0 aromatic carbocycles. The van der Waals surface area contributed by atoms with Crippen LogP contribution in [0, 0.1) is 0 Å². The van der Waals surface area contributed by atoms with Gasteiger partial charge in [-0.15, -0.1) is 0 Å². The Morgan fingerprint density at radius 3 is 1.71 bits per heavy atom. The zero-order valence-corrected chi connectivity index (χ0v) is 10.7. The number of carbonyl (C=O) groups excluding carboxylic acids is 4. The van der Waals surface area contributed by atoms with E-state index in [4.69, 9.17) is 0 Å². The van der Waals surface area contributed by atoms with Gasteiger partial charge >= 0.3 is 52.7 Å². The Bertz CT molecular complexity index is 365. The van der Waals surface area contributed by atoms with Gasteiger partial charge in [-0.1, -0.05) is 0 Å². The second kappa shape index (κ2) is 7.63. The molecule has 7 heteroatoms. The molecule has 0 aliphatic heterocycles. The van der Waals surface area contributed by atoms with Crippen molar-refractivity contribution in [3.05, 3.63) is 18.7 Å². The fraction of sp³-hybridized carbons (Fsp3) is 0.300. The van der Waals surface area contributed by atoms with Gasteiger partial charge in [0, 0.05) is 0 Å². The van der Waals surface area contributed by atoms with Crippen molar-refractivity contribution in [1.82, 2.24) is 4.57 Å². The van der Waals surface area contributed by atoms with Crippen LogP contribution in [-0.2, 0) is 45.4 Å². The van der Waals surface area contributed by atoms with E-state index >= 15 is 0 Å². The molecule has 0 saturated carbocycles. The fourth-order valence-corrected chi connectivity index (χ4v) is 1.15. The number of hydrogen-bond acceptors (Lipinski definition) is 4. The zero-order chi connectivity index (χ0) is 13.3. The van der Waals surface area contributed by atoms with Gasteiger partial charge in [0.25, 0.3) is 0 Å². The van der Waals surface area contributed by atoms with E-state index in [1.54, 1.807) is 0 Å². The van der Waals surface area contributed by atoms with Gasteiger partial charge in [0.2, 0.25) is 6.33 Å². The van der Waals surface area contributed by atoms with E-state index in [1.165, 1.54) is 0 Å². The second-order valence-corrected chi connectivity index (χ2v) is 5.95. The predicted molar refractivity (Wildman–Crippen MR) is 58.3 cm³/mol. The summed E-state index contributed by atoms with van der Waals surface area (Å²) in [5.74, 6) is 0. The summed E-state index contributed by atoms with van der Waals surface area (Å²) >= 11 is -3.12. The maximum atomic E-state index is 9.88. The molecule has 97 valence electrons. The first-order valence-electron chi connectivity index (χ1n) is 4.55. The van der Waals surface area contributed by atoms with Crippen molar-refractivity contribution in [1.29, 1.82) is 0 Å². The molecule has 1 aromatic heterocycles. The van der Waals surface area contributed by atoms with Crippen LogP contribution < -0.4 is 4.57 Å². The van der Waals surface area contributed by atoms with Gasteiger partial charge in [-0.25, -0.2) is 9.13 Å². The van der Waals surface area contributed by atoms with Crippen molar-refractivity contribution in [3.63, 3.8) is 0 Å². The van der Waals surface area contributed by atoms with Gasteiger partial charge in [-0.3, -0.25) is 0 Å². The normalized spacial score (nSPS) is 10.7. The average Bonchev–Trinajstić information content (AvgIpc) is 2.80. The monoisotopic (exact) mass is 286 g/mol. The number of carbonyl (C=O) groups is 4. The van der Waals surface area contributed by atoms with Gasteiger partial charge < -0.3 is 0 Å². The van der Waals surface area contributed by atoms with Crippen LogP contribution in [0.3, 0.4) is 0 Å². The van der Waals surface area contributed by atoms with Crippen LogP contribution in [-0.4, -0.2) is 25.4 Å². The quantitative estimate of drug-likeness (QED) is 0.526. The molecule has 0 atom stereocenters. The first-order valence-corrected chi connectivity index (χ1v) is 6.95. The summed E-state index contributed by atoms with van der Waals surface area (Å²) in [4.78, 5) is 39.5. The third kappa shape index (κ3) is 4.83. The van der Waals surface area contributed by atoms with E-state index in [0.717, 1.165) is 6.54 Å². The molecule has 0 spiro atoms. The summed E-state index contributed by atoms with van der Waals surface area (Å²) < 4.78 is 4.16. The number of aryl methyl sites for hydroxylation is 2. The Hall–Kier alpha value is -1.60. The minimum absolute atomic E-state index is 0.109. The summed E-state index contributed by atoms with van der Waals surface area (Å²) in [6.45, 7) is 3.18.